The highest BCUT2D eigenvalue weighted by atomic mass is 16.3. The second-order valence-electron chi connectivity index (χ2n) is 8.67. The Balaban J connectivity index is 1.88. The van der Waals surface area contributed by atoms with Crippen LogP contribution in [0.5, 0.6) is 0 Å². The van der Waals surface area contributed by atoms with Gasteiger partial charge in [-0.05, 0) is 41.9 Å². The van der Waals surface area contributed by atoms with Crippen molar-refractivity contribution in [3.05, 3.63) is 108 Å². The third-order valence-electron chi connectivity index (χ3n) is 5.70. The summed E-state index contributed by atoms with van der Waals surface area (Å²) in [5, 5.41) is 11.3. The Labute approximate surface area is 182 Å². The Morgan fingerprint density at radius 1 is 0.633 bits per heavy atom. The summed E-state index contributed by atoms with van der Waals surface area (Å²) in [5.41, 5.74) is 3.84. The molecule has 2 unspecified atom stereocenters. The summed E-state index contributed by atoms with van der Waals surface area (Å²) in [6.07, 6.45) is 2.35. The van der Waals surface area contributed by atoms with Crippen LogP contribution in [0.3, 0.4) is 0 Å². The van der Waals surface area contributed by atoms with E-state index in [4.69, 9.17) is 0 Å². The molecule has 0 aromatic heterocycles. The van der Waals surface area contributed by atoms with Crippen LogP contribution in [0.25, 0.3) is 0 Å². The van der Waals surface area contributed by atoms with E-state index in [1.807, 2.05) is 0 Å². The molecule has 0 heterocycles. The largest absolute Gasteiger partial charge is 0.391 e. The minimum Gasteiger partial charge on any atom is -0.391 e. The minimum atomic E-state index is -0.361. The molecular weight excluding hydrogens is 366 g/mol. The molecule has 3 rings (SSSR count). The molecule has 1 N–H and O–H groups in total. The van der Waals surface area contributed by atoms with Crippen LogP contribution in [0.4, 0.5) is 0 Å². The number of nitrogens with zero attached hydrogens (tertiary/aromatic N) is 1. The van der Waals surface area contributed by atoms with Crippen LogP contribution >= 0.6 is 0 Å². The van der Waals surface area contributed by atoms with Crippen LogP contribution in [-0.2, 0) is 19.5 Å². The van der Waals surface area contributed by atoms with Gasteiger partial charge in [0.2, 0.25) is 0 Å². The molecule has 3 aromatic rings. The molecule has 0 saturated heterocycles. The summed E-state index contributed by atoms with van der Waals surface area (Å²) in [6.45, 7) is 6.10. The van der Waals surface area contributed by atoms with Crippen LogP contribution in [0.2, 0.25) is 0 Å². The Hall–Kier alpha value is -2.42. The van der Waals surface area contributed by atoms with Gasteiger partial charge in [-0.3, -0.25) is 4.90 Å². The fourth-order valence-corrected chi connectivity index (χ4v) is 3.99. The van der Waals surface area contributed by atoms with Crippen molar-refractivity contribution < 1.29 is 5.11 Å². The molecule has 0 aliphatic carbocycles. The molecule has 0 spiro atoms. The molecule has 30 heavy (non-hydrogen) atoms. The van der Waals surface area contributed by atoms with Gasteiger partial charge in [0.1, 0.15) is 0 Å². The third-order valence-corrected chi connectivity index (χ3v) is 5.70. The van der Waals surface area contributed by atoms with Gasteiger partial charge < -0.3 is 5.11 Å². The molecule has 2 nitrogen and oxygen atoms in total. The zero-order chi connectivity index (χ0) is 21.2. The zero-order valence-electron chi connectivity index (χ0n) is 18.3. The summed E-state index contributed by atoms with van der Waals surface area (Å²) in [4.78, 5) is 2.46. The summed E-state index contributed by atoms with van der Waals surface area (Å²) in [7, 11) is 0. The highest BCUT2D eigenvalue weighted by molar-refractivity contribution is 5.20. The highest BCUT2D eigenvalue weighted by Gasteiger charge is 2.27. The van der Waals surface area contributed by atoms with Crippen molar-refractivity contribution in [2.75, 3.05) is 0 Å². The lowest BCUT2D eigenvalue weighted by Crippen LogP contribution is -2.44. The van der Waals surface area contributed by atoms with Crippen molar-refractivity contribution in [2.24, 2.45) is 5.92 Å². The van der Waals surface area contributed by atoms with Crippen molar-refractivity contribution in [3.63, 3.8) is 0 Å². The predicted octanol–water partition coefficient (Wildman–Crippen LogP) is 6.10. The Kier molecular flexibility index (Phi) is 8.67. The van der Waals surface area contributed by atoms with Gasteiger partial charge in [0.15, 0.2) is 0 Å². The van der Waals surface area contributed by atoms with Gasteiger partial charge in [-0.25, -0.2) is 0 Å². The number of aliphatic hydroxyl groups excluding tert-OH is 1. The van der Waals surface area contributed by atoms with Crippen LogP contribution in [0, 0.1) is 5.92 Å². The summed E-state index contributed by atoms with van der Waals surface area (Å²) < 4.78 is 0. The number of aliphatic hydroxyl groups is 1. The maximum Gasteiger partial charge on any atom is 0.0699 e. The van der Waals surface area contributed by atoms with Gasteiger partial charge in [-0.15, -0.1) is 0 Å². The van der Waals surface area contributed by atoms with E-state index in [0.717, 1.165) is 32.4 Å². The molecule has 0 amide bonds. The molecule has 0 fully saturated rings. The smallest absolute Gasteiger partial charge is 0.0699 e. The summed E-state index contributed by atoms with van der Waals surface area (Å²) in [6, 6.07) is 31.9. The Morgan fingerprint density at radius 3 is 1.50 bits per heavy atom. The zero-order valence-corrected chi connectivity index (χ0v) is 18.3. The molecule has 3 aromatic carbocycles. The van der Waals surface area contributed by atoms with Gasteiger partial charge in [-0.1, -0.05) is 105 Å². The topological polar surface area (TPSA) is 23.5 Å². The van der Waals surface area contributed by atoms with Gasteiger partial charge in [0.05, 0.1) is 6.10 Å². The lowest BCUT2D eigenvalue weighted by atomic mass is 9.93. The molecule has 0 aliphatic heterocycles. The maximum absolute atomic E-state index is 11.3. The van der Waals surface area contributed by atoms with E-state index in [9.17, 15) is 5.11 Å². The van der Waals surface area contributed by atoms with E-state index in [0.29, 0.717) is 5.92 Å². The first-order valence-electron chi connectivity index (χ1n) is 11.2. The van der Waals surface area contributed by atoms with Gasteiger partial charge >= 0.3 is 0 Å². The first-order chi connectivity index (χ1) is 14.6. The lowest BCUT2D eigenvalue weighted by Gasteiger charge is -2.36. The quantitative estimate of drug-likeness (QED) is 0.420. The van der Waals surface area contributed by atoms with Crippen molar-refractivity contribution >= 4 is 0 Å². The molecule has 0 radical (unpaired) electrons. The molecule has 2 atom stereocenters. The van der Waals surface area contributed by atoms with Crippen molar-refractivity contribution in [1.29, 1.82) is 0 Å². The van der Waals surface area contributed by atoms with E-state index in [1.54, 1.807) is 0 Å². The fraction of sp³-hybridized carbons (Fsp3) is 0.357. The molecule has 0 bridgehead atoms. The maximum atomic E-state index is 11.3. The van der Waals surface area contributed by atoms with Gasteiger partial charge in [0, 0.05) is 19.1 Å². The molecular formula is C28H35NO. The number of rotatable bonds is 11. The van der Waals surface area contributed by atoms with E-state index >= 15 is 0 Å². The summed E-state index contributed by atoms with van der Waals surface area (Å²) >= 11 is 0. The fourth-order valence-electron chi connectivity index (χ4n) is 3.99. The van der Waals surface area contributed by atoms with Crippen molar-refractivity contribution in [3.8, 4) is 0 Å². The first kappa shape index (κ1) is 22.3. The highest BCUT2D eigenvalue weighted by Crippen LogP contribution is 2.22. The van der Waals surface area contributed by atoms with Crippen LogP contribution in [-0.4, -0.2) is 22.2 Å². The Bertz CT molecular complexity index is 791. The van der Waals surface area contributed by atoms with Gasteiger partial charge in [0.25, 0.3) is 0 Å². The molecule has 0 aliphatic rings. The van der Waals surface area contributed by atoms with E-state index in [2.05, 4.69) is 110 Å². The van der Waals surface area contributed by atoms with Crippen molar-refractivity contribution in [2.45, 2.75) is 58.3 Å². The average molecular weight is 402 g/mol. The summed E-state index contributed by atoms with van der Waals surface area (Å²) in [5.74, 6) is 0.591. The van der Waals surface area contributed by atoms with Crippen molar-refractivity contribution in [1.82, 2.24) is 4.90 Å². The van der Waals surface area contributed by atoms with E-state index in [-0.39, 0.29) is 12.1 Å². The number of benzene rings is 3. The van der Waals surface area contributed by atoms with E-state index < -0.39 is 0 Å². The molecule has 2 heteroatoms. The standard InChI is InChI=1S/C28H35NO/c1-23(2)18-19-28(30)27(20-24-12-6-3-7-13-24)29(21-25-14-8-4-9-15-25)22-26-16-10-5-11-17-26/h3-17,23,27-28,30H,18-22H2,1-2H3. The minimum absolute atomic E-state index is 0.0616. The lowest BCUT2D eigenvalue weighted by molar-refractivity contribution is 0.0310. The third kappa shape index (κ3) is 7.12. The predicted molar refractivity (Wildman–Crippen MR) is 126 cm³/mol. The number of hydrogen-bond donors (Lipinski definition) is 1. The van der Waals surface area contributed by atoms with Crippen LogP contribution in [0.15, 0.2) is 91.0 Å². The molecule has 158 valence electrons. The Morgan fingerprint density at radius 2 is 1.07 bits per heavy atom. The van der Waals surface area contributed by atoms with E-state index in [1.165, 1.54) is 16.7 Å². The molecule has 0 saturated carbocycles. The second kappa shape index (κ2) is 11.7. The normalized spacial score (nSPS) is 13.5. The number of hydrogen-bond acceptors (Lipinski definition) is 2. The van der Waals surface area contributed by atoms with Gasteiger partial charge in [-0.2, -0.15) is 0 Å². The average Bonchev–Trinajstić information content (AvgIpc) is 2.77. The first-order valence-corrected chi connectivity index (χ1v) is 11.2. The van der Waals surface area contributed by atoms with Crippen LogP contribution < -0.4 is 0 Å². The SMILES string of the molecule is CC(C)CCC(O)C(Cc1ccccc1)N(Cc1ccccc1)Cc1ccccc1. The monoisotopic (exact) mass is 401 g/mol. The van der Waals surface area contributed by atoms with Crippen LogP contribution in [0.1, 0.15) is 43.4 Å². The second-order valence-corrected chi connectivity index (χ2v) is 8.67.